The second-order valence-corrected chi connectivity index (χ2v) is 7.86. The fraction of sp³-hybridized carbons (Fsp3) is 0.529. The Morgan fingerprint density at radius 2 is 1.96 bits per heavy atom. The second-order valence-electron chi connectivity index (χ2n) is 7.04. The number of carbonyl (C=O) groups excluding carboxylic acids is 1. The topological polar surface area (TPSA) is 66.8 Å². The Balaban J connectivity index is 2.10. The van der Waals surface area contributed by atoms with Crippen molar-refractivity contribution in [3.05, 3.63) is 33.8 Å². The minimum Gasteiger partial charge on any atom is -0.480 e. The maximum absolute atomic E-state index is 12.3. The van der Waals surface area contributed by atoms with Gasteiger partial charge in [0.05, 0.1) is 10.0 Å². The van der Waals surface area contributed by atoms with Gasteiger partial charge in [0, 0.05) is 6.54 Å². The Kier molecular flexibility index (Phi) is 5.66. The number of ether oxygens (including phenoxy) is 1. The van der Waals surface area contributed by atoms with E-state index in [9.17, 15) is 14.7 Å². The van der Waals surface area contributed by atoms with Crippen LogP contribution < -0.4 is 0 Å². The molecule has 1 aliphatic heterocycles. The Morgan fingerprint density at radius 3 is 2.50 bits per heavy atom. The molecule has 1 aromatic rings. The maximum Gasteiger partial charge on any atom is 0.411 e. The molecule has 1 saturated heterocycles. The van der Waals surface area contributed by atoms with Crippen LogP contribution in [0.5, 0.6) is 0 Å². The molecular weight excluding hydrogens is 353 g/mol. The van der Waals surface area contributed by atoms with Gasteiger partial charge in [0.25, 0.3) is 0 Å². The number of benzene rings is 1. The summed E-state index contributed by atoms with van der Waals surface area (Å²) in [7, 11) is 0. The number of hydrogen-bond donors (Lipinski definition) is 1. The van der Waals surface area contributed by atoms with Crippen LogP contribution in [0.15, 0.2) is 18.2 Å². The first-order valence-electron chi connectivity index (χ1n) is 7.73. The molecule has 1 fully saturated rings. The Hall–Kier alpha value is -1.46. The summed E-state index contributed by atoms with van der Waals surface area (Å²) in [5, 5.41) is 10.3. The highest BCUT2D eigenvalue weighted by Crippen LogP contribution is 2.30. The number of hydrogen-bond acceptors (Lipinski definition) is 3. The van der Waals surface area contributed by atoms with Crippen LogP contribution >= 0.6 is 23.2 Å². The lowest BCUT2D eigenvalue weighted by atomic mass is 9.97. The first-order chi connectivity index (χ1) is 11.1. The number of likely N-dealkylation sites (tertiary alicyclic amines) is 1. The molecule has 2 atom stereocenters. The number of carboxylic acids is 1. The number of aliphatic carboxylic acids is 1. The van der Waals surface area contributed by atoms with Crippen LogP contribution in [0.2, 0.25) is 10.0 Å². The summed E-state index contributed by atoms with van der Waals surface area (Å²) in [6, 6.07) is 4.48. The number of amides is 1. The van der Waals surface area contributed by atoms with Crippen LogP contribution in [0.25, 0.3) is 0 Å². The minimum atomic E-state index is -1.02. The highest BCUT2D eigenvalue weighted by Gasteiger charge is 2.41. The zero-order valence-corrected chi connectivity index (χ0v) is 15.4. The van der Waals surface area contributed by atoms with Crippen LogP contribution in [0.4, 0.5) is 4.79 Å². The van der Waals surface area contributed by atoms with Gasteiger partial charge in [0.2, 0.25) is 0 Å². The van der Waals surface area contributed by atoms with Crippen molar-refractivity contribution in [1.82, 2.24) is 4.90 Å². The lowest BCUT2D eigenvalue weighted by molar-refractivity contribution is -0.142. The molecule has 1 aliphatic rings. The van der Waals surface area contributed by atoms with Crippen molar-refractivity contribution < 1.29 is 19.4 Å². The molecule has 0 saturated carbocycles. The van der Waals surface area contributed by atoms with Crippen LogP contribution in [-0.4, -0.2) is 40.3 Å². The van der Waals surface area contributed by atoms with E-state index < -0.39 is 23.7 Å². The quantitative estimate of drug-likeness (QED) is 0.859. The predicted molar refractivity (Wildman–Crippen MR) is 92.6 cm³/mol. The molecule has 1 amide bonds. The monoisotopic (exact) mass is 373 g/mol. The molecule has 2 unspecified atom stereocenters. The van der Waals surface area contributed by atoms with E-state index >= 15 is 0 Å². The Bertz CT molecular complexity index is 642. The molecule has 0 aliphatic carbocycles. The highest BCUT2D eigenvalue weighted by molar-refractivity contribution is 6.42. The van der Waals surface area contributed by atoms with Crippen molar-refractivity contribution in [2.45, 2.75) is 45.3 Å². The van der Waals surface area contributed by atoms with Gasteiger partial charge in [-0.3, -0.25) is 4.90 Å². The molecule has 0 bridgehead atoms. The molecule has 1 N–H and O–H groups in total. The lowest BCUT2D eigenvalue weighted by Crippen LogP contribution is -2.43. The van der Waals surface area contributed by atoms with Crippen LogP contribution in [0.1, 0.15) is 32.8 Å². The van der Waals surface area contributed by atoms with Gasteiger partial charge in [-0.25, -0.2) is 9.59 Å². The Labute approximate surface area is 151 Å². The van der Waals surface area contributed by atoms with Crippen molar-refractivity contribution >= 4 is 35.3 Å². The van der Waals surface area contributed by atoms with Crippen molar-refractivity contribution in [3.63, 3.8) is 0 Å². The van der Waals surface area contributed by atoms with Gasteiger partial charge >= 0.3 is 12.1 Å². The van der Waals surface area contributed by atoms with E-state index in [-0.39, 0.29) is 5.92 Å². The van der Waals surface area contributed by atoms with E-state index in [1.54, 1.807) is 32.9 Å². The van der Waals surface area contributed by atoms with Crippen molar-refractivity contribution in [2.75, 3.05) is 6.54 Å². The van der Waals surface area contributed by atoms with E-state index in [0.29, 0.717) is 29.4 Å². The molecule has 7 heteroatoms. The largest absolute Gasteiger partial charge is 0.480 e. The van der Waals surface area contributed by atoms with Gasteiger partial charge < -0.3 is 9.84 Å². The highest BCUT2D eigenvalue weighted by atomic mass is 35.5. The first kappa shape index (κ1) is 18.9. The zero-order valence-electron chi connectivity index (χ0n) is 13.9. The number of nitrogens with zero attached hydrogens (tertiary/aromatic N) is 1. The first-order valence-corrected chi connectivity index (χ1v) is 8.49. The molecule has 1 aromatic carbocycles. The minimum absolute atomic E-state index is 0.0239. The van der Waals surface area contributed by atoms with Gasteiger partial charge in [-0.1, -0.05) is 29.3 Å². The van der Waals surface area contributed by atoms with Crippen LogP contribution in [0, 0.1) is 5.92 Å². The third-order valence-corrected chi connectivity index (χ3v) is 4.55. The standard InChI is InChI=1S/C17H21Cl2NO4/c1-17(2,3)24-16(23)20-9-11(8-14(20)15(21)22)6-10-4-5-12(18)13(19)7-10/h4-5,7,11,14H,6,8-9H2,1-3H3,(H,21,22). The molecule has 1 heterocycles. The third kappa shape index (κ3) is 4.77. The molecule has 0 radical (unpaired) electrons. The van der Waals surface area contributed by atoms with Gasteiger partial charge in [-0.2, -0.15) is 0 Å². The summed E-state index contributed by atoms with van der Waals surface area (Å²) < 4.78 is 5.32. The summed E-state index contributed by atoms with van der Waals surface area (Å²) >= 11 is 11.9. The molecular formula is C17H21Cl2NO4. The molecule has 132 valence electrons. The molecule has 5 nitrogen and oxygen atoms in total. The number of rotatable bonds is 3. The van der Waals surface area contributed by atoms with Gasteiger partial charge in [0.15, 0.2) is 0 Å². The van der Waals surface area contributed by atoms with Gasteiger partial charge in [-0.15, -0.1) is 0 Å². The lowest BCUT2D eigenvalue weighted by Gasteiger charge is -2.26. The number of carbonyl (C=O) groups is 2. The summed E-state index contributed by atoms with van der Waals surface area (Å²) in [4.78, 5) is 25.1. The number of carboxylic acid groups (broad SMARTS) is 1. The van der Waals surface area contributed by atoms with Crippen molar-refractivity contribution in [1.29, 1.82) is 0 Å². The fourth-order valence-electron chi connectivity index (χ4n) is 2.83. The van der Waals surface area contributed by atoms with Crippen LogP contribution in [0.3, 0.4) is 0 Å². The van der Waals surface area contributed by atoms with E-state index in [0.717, 1.165) is 5.56 Å². The van der Waals surface area contributed by atoms with Crippen LogP contribution in [-0.2, 0) is 16.0 Å². The third-order valence-electron chi connectivity index (χ3n) is 3.81. The zero-order chi connectivity index (χ0) is 18.1. The van der Waals surface area contributed by atoms with E-state index in [2.05, 4.69) is 0 Å². The molecule has 2 rings (SSSR count). The van der Waals surface area contributed by atoms with E-state index in [1.165, 1.54) is 4.90 Å². The maximum atomic E-state index is 12.3. The number of halogens is 2. The molecule has 0 spiro atoms. The van der Waals surface area contributed by atoms with E-state index in [1.807, 2.05) is 6.07 Å². The average molecular weight is 374 g/mol. The summed E-state index contributed by atoms with van der Waals surface area (Å²) in [5.74, 6) is -0.992. The van der Waals surface area contributed by atoms with Crippen molar-refractivity contribution in [3.8, 4) is 0 Å². The second kappa shape index (κ2) is 7.19. The SMILES string of the molecule is CC(C)(C)OC(=O)N1CC(Cc2ccc(Cl)c(Cl)c2)CC1C(=O)O. The summed E-state index contributed by atoms with van der Waals surface area (Å²) in [5.41, 5.74) is 0.298. The fourth-order valence-corrected chi connectivity index (χ4v) is 3.15. The van der Waals surface area contributed by atoms with Crippen molar-refractivity contribution in [2.24, 2.45) is 5.92 Å². The predicted octanol–water partition coefficient (Wildman–Crippen LogP) is 4.25. The molecule has 24 heavy (non-hydrogen) atoms. The van der Waals surface area contributed by atoms with Gasteiger partial charge in [-0.05, 0) is 57.2 Å². The summed E-state index contributed by atoms with van der Waals surface area (Å²) in [6.07, 6.45) is 0.418. The smallest absolute Gasteiger partial charge is 0.411 e. The molecule has 0 aromatic heterocycles. The summed E-state index contributed by atoms with van der Waals surface area (Å²) in [6.45, 7) is 5.60. The van der Waals surface area contributed by atoms with E-state index in [4.69, 9.17) is 27.9 Å². The Morgan fingerprint density at radius 1 is 1.29 bits per heavy atom. The average Bonchev–Trinajstić information content (AvgIpc) is 2.85. The van der Waals surface area contributed by atoms with Gasteiger partial charge in [0.1, 0.15) is 11.6 Å². The normalized spacial score (nSPS) is 21.0.